The smallest absolute Gasteiger partial charge is 0.267 e. The number of amides is 1. The number of thiophene rings is 1. The first-order valence-electron chi connectivity index (χ1n) is 10.2. The number of fused-ring (bicyclic) bond motifs is 2. The molecule has 0 aliphatic heterocycles. The summed E-state index contributed by atoms with van der Waals surface area (Å²) in [6, 6.07) is 13.3. The number of methoxy groups -OCH3 is 2. The second-order valence-corrected chi connectivity index (χ2v) is 8.61. The standard InChI is InChI=1S/C25H24N2O4S.ClH/c1-14-22-17(13-31-4)8-9-18(15(2)28)24(22)32-23(14)25(29)27-21-11-10-19-16(12-30-3)6-5-7-20(19)26-21;/h5-11H,12-13H2,1-4H3,(H,26,27,29);1H. The van der Waals surface area contributed by atoms with Gasteiger partial charge in [-0.05, 0) is 54.8 Å². The molecule has 0 saturated heterocycles. The third kappa shape index (κ3) is 4.77. The summed E-state index contributed by atoms with van der Waals surface area (Å²) in [5.41, 5.74) is 4.22. The number of anilines is 1. The average Bonchev–Trinajstić information content (AvgIpc) is 3.12. The highest BCUT2D eigenvalue weighted by molar-refractivity contribution is 7.21. The van der Waals surface area contributed by atoms with Gasteiger partial charge >= 0.3 is 0 Å². The third-order valence-corrected chi connectivity index (χ3v) is 6.74. The molecule has 2 aromatic heterocycles. The Hall–Kier alpha value is -2.84. The van der Waals surface area contributed by atoms with E-state index in [2.05, 4.69) is 10.3 Å². The fourth-order valence-electron chi connectivity index (χ4n) is 3.95. The van der Waals surface area contributed by atoms with Gasteiger partial charge in [-0.15, -0.1) is 23.7 Å². The Bertz CT molecular complexity index is 1350. The number of ether oxygens (including phenoxy) is 2. The van der Waals surface area contributed by atoms with Crippen LogP contribution in [-0.4, -0.2) is 30.9 Å². The molecule has 0 spiro atoms. The number of aryl methyl sites for hydroxylation is 1. The summed E-state index contributed by atoms with van der Waals surface area (Å²) >= 11 is 1.33. The van der Waals surface area contributed by atoms with Gasteiger partial charge in [0.1, 0.15) is 5.82 Å². The lowest BCUT2D eigenvalue weighted by atomic mass is 10.0. The van der Waals surface area contributed by atoms with E-state index in [-0.39, 0.29) is 24.1 Å². The summed E-state index contributed by atoms with van der Waals surface area (Å²) < 4.78 is 11.4. The number of rotatable bonds is 7. The molecule has 4 aromatic rings. The van der Waals surface area contributed by atoms with E-state index >= 15 is 0 Å². The Morgan fingerprint density at radius 3 is 2.42 bits per heavy atom. The maximum absolute atomic E-state index is 13.2. The summed E-state index contributed by atoms with van der Waals surface area (Å²) in [6.07, 6.45) is 0. The minimum absolute atomic E-state index is 0. The molecule has 2 heterocycles. The van der Waals surface area contributed by atoms with Gasteiger partial charge in [0.2, 0.25) is 0 Å². The molecule has 172 valence electrons. The van der Waals surface area contributed by atoms with E-state index in [1.54, 1.807) is 26.4 Å². The molecule has 1 amide bonds. The fourth-order valence-corrected chi connectivity index (χ4v) is 5.26. The fraction of sp³-hybridized carbons (Fsp3) is 0.240. The normalized spacial score (nSPS) is 10.9. The lowest BCUT2D eigenvalue weighted by molar-refractivity contribution is 0.101. The molecule has 0 saturated carbocycles. The van der Waals surface area contributed by atoms with Gasteiger partial charge in [-0.25, -0.2) is 4.98 Å². The summed E-state index contributed by atoms with van der Waals surface area (Å²) in [5.74, 6) is 0.189. The van der Waals surface area contributed by atoms with Crippen LogP contribution in [-0.2, 0) is 22.7 Å². The van der Waals surface area contributed by atoms with Gasteiger partial charge in [0, 0.05) is 35.3 Å². The summed E-state index contributed by atoms with van der Waals surface area (Å²) in [6.45, 7) is 4.34. The molecule has 4 rings (SSSR count). The van der Waals surface area contributed by atoms with Crippen molar-refractivity contribution in [1.29, 1.82) is 0 Å². The van der Waals surface area contributed by atoms with Crippen molar-refractivity contribution >= 4 is 62.2 Å². The minimum Gasteiger partial charge on any atom is -0.380 e. The molecule has 1 N–H and O–H groups in total. The van der Waals surface area contributed by atoms with E-state index in [0.717, 1.165) is 37.7 Å². The Labute approximate surface area is 202 Å². The topological polar surface area (TPSA) is 77.5 Å². The monoisotopic (exact) mass is 484 g/mol. The van der Waals surface area contributed by atoms with Crippen molar-refractivity contribution in [1.82, 2.24) is 4.98 Å². The van der Waals surface area contributed by atoms with Crippen LogP contribution in [0, 0.1) is 6.92 Å². The zero-order valence-electron chi connectivity index (χ0n) is 18.9. The van der Waals surface area contributed by atoms with Gasteiger partial charge in [-0.1, -0.05) is 18.2 Å². The zero-order chi connectivity index (χ0) is 22.8. The first-order valence-corrected chi connectivity index (χ1v) is 11.0. The predicted molar refractivity (Wildman–Crippen MR) is 135 cm³/mol. The number of ketones is 1. The van der Waals surface area contributed by atoms with Gasteiger partial charge in [-0.2, -0.15) is 0 Å². The quantitative estimate of drug-likeness (QED) is 0.329. The van der Waals surface area contributed by atoms with Crippen LogP contribution >= 0.6 is 23.7 Å². The largest absolute Gasteiger partial charge is 0.380 e. The van der Waals surface area contributed by atoms with Gasteiger partial charge in [0.25, 0.3) is 5.91 Å². The average molecular weight is 485 g/mol. The summed E-state index contributed by atoms with van der Waals surface area (Å²) in [4.78, 5) is 30.5. The van der Waals surface area contributed by atoms with Crippen LogP contribution in [0.2, 0.25) is 0 Å². The zero-order valence-corrected chi connectivity index (χ0v) is 20.5. The molecular weight excluding hydrogens is 460 g/mol. The van der Waals surface area contributed by atoms with Crippen molar-refractivity contribution < 1.29 is 19.1 Å². The van der Waals surface area contributed by atoms with Gasteiger partial charge < -0.3 is 14.8 Å². The van der Waals surface area contributed by atoms with E-state index in [0.29, 0.717) is 29.5 Å². The highest BCUT2D eigenvalue weighted by atomic mass is 35.5. The number of carbonyl (C=O) groups excluding carboxylic acids is 2. The van der Waals surface area contributed by atoms with Crippen molar-refractivity contribution in [2.24, 2.45) is 0 Å². The van der Waals surface area contributed by atoms with Crippen molar-refractivity contribution in [3.63, 3.8) is 0 Å². The number of nitrogens with zero attached hydrogens (tertiary/aromatic N) is 1. The van der Waals surface area contributed by atoms with E-state index < -0.39 is 0 Å². The lowest BCUT2D eigenvalue weighted by Gasteiger charge is -2.08. The van der Waals surface area contributed by atoms with Crippen LogP contribution in [0.5, 0.6) is 0 Å². The number of aromatic nitrogens is 1. The maximum Gasteiger partial charge on any atom is 0.267 e. The van der Waals surface area contributed by atoms with Crippen LogP contribution in [0.15, 0.2) is 42.5 Å². The third-order valence-electron chi connectivity index (χ3n) is 5.41. The Morgan fingerprint density at radius 1 is 1.00 bits per heavy atom. The molecule has 0 fully saturated rings. The van der Waals surface area contributed by atoms with E-state index in [1.165, 1.54) is 18.3 Å². The van der Waals surface area contributed by atoms with E-state index in [4.69, 9.17) is 9.47 Å². The molecule has 8 heteroatoms. The number of Topliss-reactive ketones (excluding diaryl/α,β-unsaturated/α-hetero) is 1. The Morgan fingerprint density at radius 2 is 1.73 bits per heavy atom. The first-order chi connectivity index (χ1) is 15.4. The molecule has 6 nitrogen and oxygen atoms in total. The molecule has 2 aromatic carbocycles. The molecule has 0 atom stereocenters. The molecule has 33 heavy (non-hydrogen) atoms. The van der Waals surface area contributed by atoms with Crippen LogP contribution in [0.4, 0.5) is 5.82 Å². The second-order valence-electron chi connectivity index (χ2n) is 7.59. The molecular formula is C25H25ClN2O4S. The van der Waals surface area contributed by atoms with Crippen molar-refractivity contribution in [2.75, 3.05) is 19.5 Å². The lowest BCUT2D eigenvalue weighted by Crippen LogP contribution is -2.12. The summed E-state index contributed by atoms with van der Waals surface area (Å²) in [7, 11) is 3.28. The molecule has 0 radical (unpaired) electrons. The van der Waals surface area contributed by atoms with E-state index in [1.807, 2.05) is 37.3 Å². The first kappa shape index (κ1) is 24.8. The molecule has 0 aliphatic carbocycles. The van der Waals surface area contributed by atoms with Crippen molar-refractivity contribution in [3.05, 3.63) is 69.6 Å². The van der Waals surface area contributed by atoms with Crippen molar-refractivity contribution in [2.45, 2.75) is 27.1 Å². The summed E-state index contributed by atoms with van der Waals surface area (Å²) in [5, 5.41) is 4.81. The number of nitrogens with one attached hydrogen (secondary N) is 1. The number of hydrogen-bond acceptors (Lipinski definition) is 6. The minimum atomic E-state index is -0.249. The number of hydrogen-bond donors (Lipinski definition) is 1. The molecule has 0 bridgehead atoms. The highest BCUT2D eigenvalue weighted by Crippen LogP contribution is 2.37. The number of carbonyl (C=O) groups is 2. The van der Waals surface area contributed by atoms with Crippen LogP contribution in [0.25, 0.3) is 21.0 Å². The Balaban J connectivity index is 0.00000306. The van der Waals surface area contributed by atoms with Gasteiger partial charge in [-0.3, -0.25) is 9.59 Å². The maximum atomic E-state index is 13.2. The SMILES string of the molecule is COCc1cccc2nc(NC(=O)c3sc4c(C(C)=O)ccc(COC)c4c3C)ccc12.Cl. The van der Waals surface area contributed by atoms with Crippen LogP contribution < -0.4 is 5.32 Å². The van der Waals surface area contributed by atoms with Crippen LogP contribution in [0.1, 0.15) is 43.6 Å². The number of pyridine rings is 1. The highest BCUT2D eigenvalue weighted by Gasteiger charge is 2.21. The second kappa shape index (κ2) is 10.4. The van der Waals surface area contributed by atoms with Gasteiger partial charge in [0.05, 0.1) is 23.6 Å². The number of halogens is 1. The van der Waals surface area contributed by atoms with Crippen molar-refractivity contribution in [3.8, 4) is 0 Å². The van der Waals surface area contributed by atoms with Crippen LogP contribution in [0.3, 0.4) is 0 Å². The molecule has 0 unspecified atom stereocenters. The Kier molecular flexibility index (Phi) is 7.81. The molecule has 0 aliphatic rings. The number of benzene rings is 2. The predicted octanol–water partition coefficient (Wildman–Crippen LogP) is 5.93. The van der Waals surface area contributed by atoms with Gasteiger partial charge in [0.15, 0.2) is 5.78 Å². The van der Waals surface area contributed by atoms with E-state index in [9.17, 15) is 9.59 Å².